The van der Waals surface area contributed by atoms with Crippen LogP contribution in [-0.4, -0.2) is 17.4 Å². The van der Waals surface area contributed by atoms with Gasteiger partial charge in [-0.25, -0.2) is 0 Å². The number of aryl methyl sites for hydroxylation is 1. The van der Waals surface area contributed by atoms with E-state index in [0.717, 1.165) is 5.56 Å². The zero-order valence-corrected chi connectivity index (χ0v) is 12.3. The predicted molar refractivity (Wildman–Crippen MR) is 81.0 cm³/mol. The lowest BCUT2D eigenvalue weighted by atomic mass is 10.2. The number of carbonyl (C=O) groups excluding carboxylic acids is 1. The summed E-state index contributed by atoms with van der Waals surface area (Å²) in [6, 6.07) is 8.03. The Labute approximate surface area is 129 Å². The molecule has 0 fully saturated rings. The molecule has 2 aromatic rings. The lowest BCUT2D eigenvalue weighted by Gasteiger charge is -2.07. The number of hydrogen-bond donors (Lipinski definition) is 1. The summed E-state index contributed by atoms with van der Waals surface area (Å²) in [4.78, 5) is 22.2. The molecule has 1 heterocycles. The van der Waals surface area contributed by atoms with Gasteiger partial charge >= 0.3 is 5.69 Å². The van der Waals surface area contributed by atoms with Crippen LogP contribution in [0.1, 0.15) is 11.1 Å². The third-order valence-corrected chi connectivity index (χ3v) is 3.54. The first kappa shape index (κ1) is 15.5. The molecule has 2 rings (SSSR count). The van der Waals surface area contributed by atoms with Crippen LogP contribution in [0, 0.1) is 28.4 Å². The van der Waals surface area contributed by atoms with Crippen molar-refractivity contribution < 1.29 is 14.5 Å². The van der Waals surface area contributed by atoms with Crippen molar-refractivity contribution in [3.05, 3.63) is 50.9 Å². The zero-order valence-electron chi connectivity index (χ0n) is 11.5. The summed E-state index contributed by atoms with van der Waals surface area (Å²) in [5.41, 5.74) is 0.891. The van der Waals surface area contributed by atoms with Gasteiger partial charge in [0.1, 0.15) is 11.1 Å². The van der Waals surface area contributed by atoms with Crippen LogP contribution in [0.2, 0.25) is 0 Å². The SMILES string of the molecule is Cc1ccc(OCC(=O)Nc2sccc2C#N)c([N+](=O)[O-])c1. The maximum absolute atomic E-state index is 11.8. The van der Waals surface area contributed by atoms with Crippen molar-refractivity contribution in [2.24, 2.45) is 0 Å². The molecule has 0 unspecified atom stereocenters. The van der Waals surface area contributed by atoms with E-state index in [1.54, 1.807) is 24.4 Å². The maximum Gasteiger partial charge on any atom is 0.311 e. The van der Waals surface area contributed by atoms with Gasteiger partial charge in [-0.3, -0.25) is 14.9 Å². The first-order chi connectivity index (χ1) is 10.5. The Bertz CT molecular complexity index is 764. The van der Waals surface area contributed by atoms with Gasteiger partial charge in [0.2, 0.25) is 0 Å². The van der Waals surface area contributed by atoms with Crippen LogP contribution in [-0.2, 0) is 4.79 Å². The second-order valence-electron chi connectivity index (χ2n) is 4.34. The summed E-state index contributed by atoms with van der Waals surface area (Å²) < 4.78 is 5.21. The summed E-state index contributed by atoms with van der Waals surface area (Å²) in [7, 11) is 0. The number of nitro benzene ring substituents is 1. The molecule has 0 bridgehead atoms. The molecule has 0 saturated carbocycles. The Morgan fingerprint density at radius 3 is 2.95 bits per heavy atom. The molecule has 0 aliphatic rings. The van der Waals surface area contributed by atoms with Crippen molar-refractivity contribution in [2.45, 2.75) is 6.92 Å². The van der Waals surface area contributed by atoms with E-state index in [-0.39, 0.29) is 18.0 Å². The van der Waals surface area contributed by atoms with Crippen LogP contribution in [0.15, 0.2) is 29.6 Å². The van der Waals surface area contributed by atoms with Gasteiger partial charge in [-0.05, 0) is 30.0 Å². The molecule has 8 heteroatoms. The van der Waals surface area contributed by atoms with Gasteiger partial charge in [0.25, 0.3) is 5.91 Å². The van der Waals surface area contributed by atoms with Crippen molar-refractivity contribution in [1.29, 1.82) is 5.26 Å². The van der Waals surface area contributed by atoms with E-state index in [0.29, 0.717) is 10.6 Å². The highest BCUT2D eigenvalue weighted by Gasteiger charge is 2.16. The Morgan fingerprint density at radius 2 is 2.27 bits per heavy atom. The van der Waals surface area contributed by atoms with Crippen LogP contribution < -0.4 is 10.1 Å². The van der Waals surface area contributed by atoms with Gasteiger partial charge in [0, 0.05) is 6.07 Å². The molecule has 1 aromatic carbocycles. The van der Waals surface area contributed by atoms with Gasteiger partial charge in [-0.2, -0.15) is 5.26 Å². The second kappa shape index (κ2) is 6.69. The van der Waals surface area contributed by atoms with Crippen molar-refractivity contribution in [1.82, 2.24) is 0 Å². The number of nitriles is 1. The lowest BCUT2D eigenvalue weighted by molar-refractivity contribution is -0.385. The fraction of sp³-hybridized carbons (Fsp3) is 0.143. The third-order valence-electron chi connectivity index (χ3n) is 2.71. The monoisotopic (exact) mass is 317 g/mol. The maximum atomic E-state index is 11.8. The van der Waals surface area contributed by atoms with Crippen molar-refractivity contribution >= 4 is 27.9 Å². The molecular formula is C14H11N3O4S. The topological polar surface area (TPSA) is 105 Å². The molecule has 0 aliphatic heterocycles. The Hall–Kier alpha value is -2.92. The van der Waals surface area contributed by atoms with Crippen molar-refractivity contribution in [3.8, 4) is 11.8 Å². The second-order valence-corrected chi connectivity index (χ2v) is 5.26. The number of hydrogen-bond acceptors (Lipinski definition) is 6. The number of carbonyl (C=O) groups is 1. The smallest absolute Gasteiger partial charge is 0.311 e. The fourth-order valence-corrected chi connectivity index (χ4v) is 2.45. The number of thiophene rings is 1. The van der Waals surface area contributed by atoms with Gasteiger partial charge in [0.05, 0.1) is 10.5 Å². The molecule has 7 nitrogen and oxygen atoms in total. The zero-order chi connectivity index (χ0) is 16.1. The minimum absolute atomic E-state index is 0.0254. The largest absolute Gasteiger partial charge is 0.477 e. The number of anilines is 1. The summed E-state index contributed by atoms with van der Waals surface area (Å²) in [5, 5.41) is 24.4. The van der Waals surface area contributed by atoms with Crippen molar-refractivity contribution in [3.63, 3.8) is 0 Å². The fourth-order valence-electron chi connectivity index (χ4n) is 1.69. The highest BCUT2D eigenvalue weighted by Crippen LogP contribution is 2.28. The minimum atomic E-state index is -0.562. The molecule has 1 aromatic heterocycles. The first-order valence-corrected chi connectivity index (χ1v) is 7.04. The average Bonchev–Trinajstić information content (AvgIpc) is 2.92. The molecule has 0 saturated heterocycles. The lowest BCUT2D eigenvalue weighted by Crippen LogP contribution is -2.20. The number of nitrogens with one attached hydrogen (secondary N) is 1. The van der Waals surface area contributed by atoms with Crippen LogP contribution in [0.4, 0.5) is 10.7 Å². The van der Waals surface area contributed by atoms with Gasteiger partial charge in [0.15, 0.2) is 12.4 Å². The number of benzene rings is 1. The van der Waals surface area contributed by atoms with E-state index < -0.39 is 10.8 Å². The van der Waals surface area contributed by atoms with Gasteiger partial charge in [-0.1, -0.05) is 6.07 Å². The van der Waals surface area contributed by atoms with Gasteiger partial charge in [-0.15, -0.1) is 11.3 Å². The van der Waals surface area contributed by atoms with Crippen LogP contribution >= 0.6 is 11.3 Å². The first-order valence-electron chi connectivity index (χ1n) is 6.16. The summed E-state index contributed by atoms with van der Waals surface area (Å²) >= 11 is 1.22. The molecule has 0 aliphatic carbocycles. The van der Waals surface area contributed by atoms with Crippen LogP contribution in [0.25, 0.3) is 0 Å². The quantitative estimate of drug-likeness (QED) is 0.674. The highest BCUT2D eigenvalue weighted by molar-refractivity contribution is 7.14. The van der Waals surface area contributed by atoms with Crippen molar-refractivity contribution in [2.75, 3.05) is 11.9 Å². The van der Waals surface area contributed by atoms with E-state index in [1.165, 1.54) is 23.5 Å². The summed E-state index contributed by atoms with van der Waals surface area (Å²) in [6.45, 7) is 1.34. The normalized spacial score (nSPS) is 9.82. The highest BCUT2D eigenvalue weighted by atomic mass is 32.1. The average molecular weight is 317 g/mol. The molecule has 0 radical (unpaired) electrons. The minimum Gasteiger partial charge on any atom is -0.477 e. The molecular weight excluding hydrogens is 306 g/mol. The van der Waals surface area contributed by atoms with E-state index in [2.05, 4.69) is 5.32 Å². The molecule has 1 amide bonds. The molecule has 0 spiro atoms. The van der Waals surface area contributed by atoms with E-state index >= 15 is 0 Å². The van der Waals surface area contributed by atoms with Crippen LogP contribution in [0.3, 0.4) is 0 Å². The van der Waals surface area contributed by atoms with Gasteiger partial charge < -0.3 is 10.1 Å². The Balaban J connectivity index is 2.03. The standard InChI is InChI=1S/C14H11N3O4S/c1-9-2-3-12(11(6-9)17(19)20)21-8-13(18)16-14-10(7-15)4-5-22-14/h2-6H,8H2,1H3,(H,16,18). The number of nitro groups is 1. The summed E-state index contributed by atoms with van der Waals surface area (Å²) in [6.07, 6.45) is 0. The van der Waals surface area contributed by atoms with E-state index in [1.807, 2.05) is 6.07 Å². The molecule has 0 atom stereocenters. The molecule has 112 valence electrons. The number of amides is 1. The number of rotatable bonds is 5. The Kier molecular flexibility index (Phi) is 4.70. The molecule has 1 N–H and O–H groups in total. The summed E-state index contributed by atoms with van der Waals surface area (Å²) in [5.74, 6) is -0.466. The molecule has 22 heavy (non-hydrogen) atoms. The number of nitrogens with zero attached hydrogens (tertiary/aromatic N) is 2. The third kappa shape index (κ3) is 3.59. The predicted octanol–water partition coefficient (Wildman–Crippen LogP) is 2.85. The van der Waals surface area contributed by atoms with Crippen LogP contribution in [0.5, 0.6) is 5.75 Å². The van der Waals surface area contributed by atoms with E-state index in [4.69, 9.17) is 10.00 Å². The van der Waals surface area contributed by atoms with E-state index in [9.17, 15) is 14.9 Å². The number of ether oxygens (including phenoxy) is 1. The Morgan fingerprint density at radius 1 is 1.50 bits per heavy atom.